The van der Waals surface area contributed by atoms with Gasteiger partial charge in [-0.15, -0.1) is 24.0 Å². The van der Waals surface area contributed by atoms with Gasteiger partial charge in [0.25, 0.3) is 0 Å². The Morgan fingerprint density at radius 3 is 2.82 bits per heavy atom. The van der Waals surface area contributed by atoms with Crippen LogP contribution in [0.4, 0.5) is 0 Å². The van der Waals surface area contributed by atoms with Gasteiger partial charge in [0.2, 0.25) is 0 Å². The second-order valence-corrected chi connectivity index (χ2v) is 4.41. The summed E-state index contributed by atoms with van der Waals surface area (Å²) in [5.41, 5.74) is 1.30. The van der Waals surface area contributed by atoms with Gasteiger partial charge < -0.3 is 10.6 Å². The van der Waals surface area contributed by atoms with E-state index in [4.69, 9.17) is 11.6 Å². The van der Waals surface area contributed by atoms with Crippen LogP contribution in [0.3, 0.4) is 0 Å². The van der Waals surface area contributed by atoms with Crippen LogP contribution >= 0.6 is 35.6 Å². The van der Waals surface area contributed by atoms with Crippen LogP contribution in [0.1, 0.15) is 17.9 Å². The van der Waals surface area contributed by atoms with Gasteiger partial charge in [0.15, 0.2) is 5.96 Å². The molecule has 0 heterocycles. The molecule has 17 heavy (non-hydrogen) atoms. The number of benzene rings is 1. The Labute approximate surface area is 124 Å². The van der Waals surface area contributed by atoms with Crippen molar-refractivity contribution >= 4 is 41.5 Å². The molecular formula is C12H17ClIN3. The zero-order valence-corrected chi connectivity index (χ0v) is 13.0. The first-order valence-electron chi connectivity index (χ1n) is 5.41. The monoisotopic (exact) mass is 365 g/mol. The van der Waals surface area contributed by atoms with E-state index in [1.165, 1.54) is 5.56 Å². The Bertz CT molecular complexity index is 408. The molecule has 0 amide bonds. The second kappa shape index (κ2) is 6.44. The fourth-order valence-corrected chi connectivity index (χ4v) is 2.08. The van der Waals surface area contributed by atoms with Gasteiger partial charge in [0.1, 0.15) is 0 Å². The van der Waals surface area contributed by atoms with Crippen LogP contribution in [-0.2, 0) is 0 Å². The van der Waals surface area contributed by atoms with Crippen molar-refractivity contribution in [2.45, 2.75) is 18.4 Å². The molecule has 2 rings (SSSR count). The first-order chi connectivity index (χ1) is 7.74. The summed E-state index contributed by atoms with van der Waals surface area (Å²) >= 11 is 5.97. The van der Waals surface area contributed by atoms with Gasteiger partial charge in [0.05, 0.1) is 0 Å². The molecule has 0 aliphatic heterocycles. The van der Waals surface area contributed by atoms with Crippen LogP contribution in [0.5, 0.6) is 0 Å². The van der Waals surface area contributed by atoms with Crippen LogP contribution in [0.2, 0.25) is 5.02 Å². The number of hydrogen-bond donors (Lipinski definition) is 2. The third-order valence-electron chi connectivity index (χ3n) is 2.85. The standard InChI is InChI=1S/C12H16ClN3.HI/c1-14-12(15-2)16-11-7-10(11)8-4-3-5-9(13)6-8;/h3-6,10-11H,7H2,1-2H3,(H2,14,15,16);1H. The number of guanidine groups is 1. The summed E-state index contributed by atoms with van der Waals surface area (Å²) in [5.74, 6) is 1.40. The molecule has 5 heteroatoms. The van der Waals surface area contributed by atoms with Gasteiger partial charge in [-0.2, -0.15) is 0 Å². The zero-order valence-electron chi connectivity index (χ0n) is 9.90. The van der Waals surface area contributed by atoms with E-state index in [9.17, 15) is 0 Å². The van der Waals surface area contributed by atoms with Crippen LogP contribution in [-0.4, -0.2) is 26.1 Å². The molecular weight excluding hydrogens is 349 g/mol. The lowest BCUT2D eigenvalue weighted by atomic mass is 10.1. The Morgan fingerprint density at radius 2 is 2.24 bits per heavy atom. The molecule has 0 bridgehead atoms. The first-order valence-corrected chi connectivity index (χ1v) is 5.79. The highest BCUT2D eigenvalue weighted by atomic mass is 127. The average molecular weight is 366 g/mol. The van der Waals surface area contributed by atoms with E-state index in [2.05, 4.69) is 21.7 Å². The lowest BCUT2D eigenvalue weighted by Crippen LogP contribution is -2.36. The minimum absolute atomic E-state index is 0. The predicted molar refractivity (Wildman–Crippen MR) is 83.6 cm³/mol. The minimum Gasteiger partial charge on any atom is -0.359 e. The summed E-state index contributed by atoms with van der Waals surface area (Å²) in [5, 5.41) is 7.18. The molecule has 0 radical (unpaired) electrons. The lowest BCUT2D eigenvalue weighted by Gasteiger charge is -2.08. The van der Waals surface area contributed by atoms with Crippen molar-refractivity contribution in [1.29, 1.82) is 0 Å². The van der Waals surface area contributed by atoms with Crippen LogP contribution in [0, 0.1) is 0 Å². The van der Waals surface area contributed by atoms with Gasteiger partial charge >= 0.3 is 0 Å². The quantitative estimate of drug-likeness (QED) is 0.480. The fourth-order valence-electron chi connectivity index (χ4n) is 1.88. The van der Waals surface area contributed by atoms with E-state index in [0.717, 1.165) is 17.4 Å². The summed E-state index contributed by atoms with van der Waals surface area (Å²) in [6, 6.07) is 8.54. The number of nitrogens with one attached hydrogen (secondary N) is 2. The fraction of sp³-hybridized carbons (Fsp3) is 0.417. The molecule has 2 N–H and O–H groups in total. The predicted octanol–water partition coefficient (Wildman–Crippen LogP) is 2.61. The Kier molecular flexibility index (Phi) is 5.52. The third-order valence-corrected chi connectivity index (χ3v) is 3.08. The lowest BCUT2D eigenvalue weighted by molar-refractivity contribution is 0.831. The van der Waals surface area contributed by atoms with Crippen molar-refractivity contribution in [2.24, 2.45) is 4.99 Å². The SMILES string of the molecule is CN=C(NC)NC1CC1c1cccc(Cl)c1.I. The Hall–Kier alpha value is -0.490. The van der Waals surface area contributed by atoms with E-state index in [1.54, 1.807) is 7.05 Å². The molecule has 1 aromatic carbocycles. The molecule has 0 aromatic heterocycles. The normalized spacial score (nSPS) is 22.6. The number of rotatable bonds is 2. The van der Waals surface area contributed by atoms with E-state index in [1.807, 2.05) is 25.2 Å². The highest BCUT2D eigenvalue weighted by molar-refractivity contribution is 14.0. The summed E-state index contributed by atoms with van der Waals surface area (Å²) in [4.78, 5) is 4.10. The summed E-state index contributed by atoms with van der Waals surface area (Å²) in [6.07, 6.45) is 1.14. The maximum atomic E-state index is 5.97. The number of halogens is 2. The molecule has 1 aliphatic carbocycles. The number of aliphatic imine (C=N–C) groups is 1. The molecule has 1 saturated carbocycles. The Balaban J connectivity index is 0.00000144. The molecule has 1 aromatic rings. The van der Waals surface area contributed by atoms with Crippen molar-refractivity contribution in [3.8, 4) is 0 Å². The molecule has 1 fully saturated rings. The summed E-state index contributed by atoms with van der Waals surface area (Å²) in [7, 11) is 3.64. The molecule has 0 saturated heterocycles. The van der Waals surface area contributed by atoms with Crippen molar-refractivity contribution in [2.75, 3.05) is 14.1 Å². The molecule has 2 atom stereocenters. The van der Waals surface area contributed by atoms with E-state index in [0.29, 0.717) is 12.0 Å². The van der Waals surface area contributed by atoms with Crippen molar-refractivity contribution < 1.29 is 0 Å². The summed E-state index contributed by atoms with van der Waals surface area (Å²) < 4.78 is 0. The smallest absolute Gasteiger partial charge is 0.190 e. The Morgan fingerprint density at radius 1 is 1.47 bits per heavy atom. The largest absolute Gasteiger partial charge is 0.359 e. The number of nitrogens with zero attached hydrogens (tertiary/aromatic N) is 1. The van der Waals surface area contributed by atoms with E-state index in [-0.39, 0.29) is 24.0 Å². The minimum atomic E-state index is 0. The third kappa shape index (κ3) is 3.74. The van der Waals surface area contributed by atoms with Gasteiger partial charge in [-0.25, -0.2) is 0 Å². The second-order valence-electron chi connectivity index (χ2n) is 3.97. The number of hydrogen-bond acceptors (Lipinski definition) is 1. The highest BCUT2D eigenvalue weighted by Gasteiger charge is 2.38. The zero-order chi connectivity index (χ0) is 11.5. The maximum absolute atomic E-state index is 5.97. The average Bonchev–Trinajstić information content (AvgIpc) is 3.05. The molecule has 0 spiro atoms. The van der Waals surface area contributed by atoms with Crippen LogP contribution in [0.15, 0.2) is 29.3 Å². The molecule has 1 aliphatic rings. The van der Waals surface area contributed by atoms with Gasteiger partial charge in [-0.3, -0.25) is 4.99 Å². The van der Waals surface area contributed by atoms with Crippen molar-refractivity contribution in [3.05, 3.63) is 34.9 Å². The van der Waals surface area contributed by atoms with Crippen molar-refractivity contribution in [1.82, 2.24) is 10.6 Å². The van der Waals surface area contributed by atoms with E-state index >= 15 is 0 Å². The molecule has 2 unspecified atom stereocenters. The van der Waals surface area contributed by atoms with E-state index < -0.39 is 0 Å². The van der Waals surface area contributed by atoms with Gasteiger partial charge in [0, 0.05) is 31.1 Å². The maximum Gasteiger partial charge on any atom is 0.190 e. The first kappa shape index (κ1) is 14.6. The molecule has 3 nitrogen and oxygen atoms in total. The summed E-state index contributed by atoms with van der Waals surface area (Å²) in [6.45, 7) is 0. The molecule has 94 valence electrons. The van der Waals surface area contributed by atoms with Crippen molar-refractivity contribution in [3.63, 3.8) is 0 Å². The highest BCUT2D eigenvalue weighted by Crippen LogP contribution is 2.41. The van der Waals surface area contributed by atoms with Gasteiger partial charge in [-0.1, -0.05) is 23.7 Å². The van der Waals surface area contributed by atoms with Crippen LogP contribution < -0.4 is 10.6 Å². The topological polar surface area (TPSA) is 36.4 Å². The van der Waals surface area contributed by atoms with Gasteiger partial charge in [-0.05, 0) is 24.1 Å². The van der Waals surface area contributed by atoms with Crippen LogP contribution in [0.25, 0.3) is 0 Å².